The van der Waals surface area contributed by atoms with Crippen LogP contribution in [0, 0.1) is 0 Å². The van der Waals surface area contributed by atoms with Gasteiger partial charge in [-0.1, -0.05) is 34.7 Å². The van der Waals surface area contributed by atoms with Crippen LogP contribution >= 0.6 is 0 Å². The van der Waals surface area contributed by atoms with Gasteiger partial charge in [-0.2, -0.15) is 8.42 Å². The van der Waals surface area contributed by atoms with Gasteiger partial charge in [0.05, 0.1) is 6.61 Å². The number of carbonyl (C=O) groups excluding carboxylic acids is 1. The number of amides is 1. The van der Waals surface area contributed by atoms with Gasteiger partial charge in [0.15, 0.2) is 0 Å². The predicted octanol–water partition coefficient (Wildman–Crippen LogP) is 1.43. The SMILES string of the molecule is O=C(N=S(=O)=O)OCCc1ccccc1. The van der Waals surface area contributed by atoms with Crippen molar-refractivity contribution in [3.63, 3.8) is 0 Å². The van der Waals surface area contributed by atoms with E-state index >= 15 is 0 Å². The smallest absolute Gasteiger partial charge is 0.447 e. The molecule has 80 valence electrons. The van der Waals surface area contributed by atoms with Gasteiger partial charge >= 0.3 is 16.6 Å². The molecule has 6 heteroatoms. The van der Waals surface area contributed by atoms with Crippen LogP contribution in [0.3, 0.4) is 0 Å². The molecule has 0 aliphatic rings. The first-order chi connectivity index (χ1) is 7.18. The molecule has 0 aromatic heterocycles. The summed E-state index contributed by atoms with van der Waals surface area (Å²) in [5.74, 6) is 0. The van der Waals surface area contributed by atoms with Gasteiger partial charge in [0.25, 0.3) is 0 Å². The van der Waals surface area contributed by atoms with Gasteiger partial charge in [-0.3, -0.25) is 0 Å². The van der Waals surface area contributed by atoms with Crippen molar-refractivity contribution in [3.8, 4) is 0 Å². The van der Waals surface area contributed by atoms with Crippen molar-refractivity contribution in [2.45, 2.75) is 6.42 Å². The summed E-state index contributed by atoms with van der Waals surface area (Å²) in [6, 6.07) is 9.39. The summed E-state index contributed by atoms with van der Waals surface area (Å²) in [4.78, 5) is 10.7. The van der Waals surface area contributed by atoms with Crippen LogP contribution in [0.4, 0.5) is 4.79 Å². The molecule has 0 aliphatic carbocycles. The minimum Gasteiger partial charge on any atom is -0.447 e. The molecule has 5 nitrogen and oxygen atoms in total. The number of rotatable bonds is 3. The molecular formula is C9H9NO4S. The van der Waals surface area contributed by atoms with Crippen molar-refractivity contribution in [2.75, 3.05) is 6.61 Å². The molecule has 0 fully saturated rings. The molecule has 0 saturated heterocycles. The maximum Gasteiger partial charge on any atom is 0.448 e. The topological polar surface area (TPSA) is 72.8 Å². The monoisotopic (exact) mass is 227 g/mol. The summed E-state index contributed by atoms with van der Waals surface area (Å²) in [6.45, 7) is 0.115. The molecule has 0 spiro atoms. The fourth-order valence-electron chi connectivity index (χ4n) is 0.988. The molecule has 0 heterocycles. The van der Waals surface area contributed by atoms with E-state index in [0.29, 0.717) is 6.42 Å². The first-order valence-electron chi connectivity index (χ1n) is 4.20. The van der Waals surface area contributed by atoms with Crippen molar-refractivity contribution < 1.29 is 17.9 Å². The molecule has 0 bridgehead atoms. The highest BCUT2D eigenvalue weighted by Gasteiger charge is 1.99. The Balaban J connectivity index is 2.34. The van der Waals surface area contributed by atoms with E-state index in [2.05, 4.69) is 9.10 Å². The third-order valence-corrected chi connectivity index (χ3v) is 1.91. The Kier molecular flexibility index (Phi) is 4.49. The zero-order valence-electron chi connectivity index (χ0n) is 7.79. The van der Waals surface area contributed by atoms with Gasteiger partial charge in [-0.15, -0.1) is 0 Å². The van der Waals surface area contributed by atoms with E-state index in [0.717, 1.165) is 5.56 Å². The van der Waals surface area contributed by atoms with Crippen molar-refractivity contribution in [2.24, 2.45) is 4.36 Å². The number of hydrogen-bond acceptors (Lipinski definition) is 4. The van der Waals surface area contributed by atoms with Gasteiger partial charge in [-0.25, -0.2) is 4.79 Å². The highest BCUT2D eigenvalue weighted by Crippen LogP contribution is 1.99. The van der Waals surface area contributed by atoms with Crippen LogP contribution in [0.2, 0.25) is 0 Å². The van der Waals surface area contributed by atoms with Crippen molar-refractivity contribution >= 4 is 16.6 Å². The number of carbonyl (C=O) groups is 1. The Morgan fingerprint density at radius 1 is 1.27 bits per heavy atom. The molecule has 0 atom stereocenters. The Bertz CT molecular complexity index is 444. The number of nitrogens with zero attached hydrogens (tertiary/aromatic N) is 1. The van der Waals surface area contributed by atoms with Crippen molar-refractivity contribution in [3.05, 3.63) is 35.9 Å². The van der Waals surface area contributed by atoms with E-state index in [-0.39, 0.29) is 6.61 Å². The standard InChI is InChI=1S/C9H9NO4S/c11-9(10-15(12)13)14-7-6-8-4-2-1-3-5-8/h1-5H,6-7H2. The van der Waals surface area contributed by atoms with Crippen LogP contribution in [0.5, 0.6) is 0 Å². The van der Waals surface area contributed by atoms with E-state index < -0.39 is 16.6 Å². The van der Waals surface area contributed by atoms with Gasteiger partial charge in [-0.05, 0) is 5.56 Å². The van der Waals surface area contributed by atoms with Gasteiger partial charge in [0.2, 0.25) is 0 Å². The summed E-state index contributed by atoms with van der Waals surface area (Å²) in [6.07, 6.45) is -0.549. The fraction of sp³-hybridized carbons (Fsp3) is 0.222. The lowest BCUT2D eigenvalue weighted by molar-refractivity contribution is 0.159. The third-order valence-electron chi connectivity index (χ3n) is 1.61. The van der Waals surface area contributed by atoms with E-state index in [1.165, 1.54) is 0 Å². The summed E-state index contributed by atoms with van der Waals surface area (Å²) in [5, 5.41) is 0. The molecule has 1 amide bonds. The summed E-state index contributed by atoms with van der Waals surface area (Å²) >= 11 is 0. The molecule has 0 radical (unpaired) electrons. The van der Waals surface area contributed by atoms with Crippen LogP contribution in [-0.4, -0.2) is 21.1 Å². The fourth-order valence-corrected chi connectivity index (χ4v) is 1.16. The van der Waals surface area contributed by atoms with E-state index in [1.807, 2.05) is 30.3 Å². The van der Waals surface area contributed by atoms with Crippen molar-refractivity contribution in [1.29, 1.82) is 0 Å². The third kappa shape index (κ3) is 4.92. The molecular weight excluding hydrogens is 218 g/mol. The van der Waals surface area contributed by atoms with Crippen LogP contribution < -0.4 is 0 Å². The Morgan fingerprint density at radius 2 is 1.93 bits per heavy atom. The lowest BCUT2D eigenvalue weighted by atomic mass is 10.2. The molecule has 1 aromatic rings. The van der Waals surface area contributed by atoms with Crippen LogP contribution in [0.25, 0.3) is 0 Å². The highest BCUT2D eigenvalue weighted by molar-refractivity contribution is 7.62. The molecule has 1 rings (SSSR count). The van der Waals surface area contributed by atoms with Gasteiger partial charge < -0.3 is 4.74 Å². The zero-order chi connectivity index (χ0) is 11.1. The molecule has 0 N–H and O–H groups in total. The lowest BCUT2D eigenvalue weighted by Crippen LogP contribution is -2.03. The van der Waals surface area contributed by atoms with Gasteiger partial charge in [0.1, 0.15) is 0 Å². The van der Waals surface area contributed by atoms with Crippen LogP contribution in [-0.2, 0) is 21.7 Å². The summed E-state index contributed by atoms with van der Waals surface area (Å²) in [7, 11) is -2.74. The molecule has 0 unspecified atom stereocenters. The summed E-state index contributed by atoms with van der Waals surface area (Å²) < 4.78 is 27.2. The lowest BCUT2D eigenvalue weighted by Gasteiger charge is -2.00. The Hall–Kier alpha value is -1.69. The van der Waals surface area contributed by atoms with E-state index in [1.54, 1.807) is 0 Å². The average Bonchev–Trinajstić information content (AvgIpc) is 2.18. The average molecular weight is 227 g/mol. The quantitative estimate of drug-likeness (QED) is 0.782. The minimum absolute atomic E-state index is 0.115. The molecule has 0 aliphatic heterocycles. The summed E-state index contributed by atoms with van der Waals surface area (Å²) in [5.41, 5.74) is 1.01. The predicted molar refractivity (Wildman–Crippen MR) is 52.8 cm³/mol. The number of ether oxygens (including phenoxy) is 1. The van der Waals surface area contributed by atoms with E-state index in [9.17, 15) is 13.2 Å². The van der Waals surface area contributed by atoms with Crippen LogP contribution in [0.15, 0.2) is 34.7 Å². The van der Waals surface area contributed by atoms with Crippen molar-refractivity contribution in [1.82, 2.24) is 0 Å². The number of hydrogen-bond donors (Lipinski definition) is 0. The number of benzene rings is 1. The maximum absolute atomic E-state index is 10.7. The first kappa shape index (κ1) is 11.4. The highest BCUT2D eigenvalue weighted by atomic mass is 32.2. The maximum atomic E-state index is 10.7. The second kappa shape index (κ2) is 5.92. The van der Waals surface area contributed by atoms with Gasteiger partial charge in [0, 0.05) is 6.42 Å². The van der Waals surface area contributed by atoms with E-state index in [4.69, 9.17) is 0 Å². The molecule has 1 aromatic carbocycles. The Labute approximate surface area is 88.4 Å². The molecule has 15 heavy (non-hydrogen) atoms. The minimum atomic E-state index is -2.74. The normalized spacial score (nSPS) is 9.33. The first-order valence-corrected chi connectivity index (χ1v) is 5.23. The molecule has 0 saturated carbocycles. The Morgan fingerprint density at radius 3 is 2.53 bits per heavy atom. The largest absolute Gasteiger partial charge is 0.448 e. The van der Waals surface area contributed by atoms with Crippen LogP contribution in [0.1, 0.15) is 5.56 Å². The second-order valence-corrected chi connectivity index (χ2v) is 3.28. The zero-order valence-corrected chi connectivity index (χ0v) is 8.61. The second-order valence-electron chi connectivity index (χ2n) is 2.66.